The first-order chi connectivity index (χ1) is 10.2. The molecular formula is C19H25NO. The predicted molar refractivity (Wildman–Crippen MR) is 88.7 cm³/mol. The number of ether oxygens (including phenoxy) is 1. The Morgan fingerprint density at radius 2 is 1.76 bits per heavy atom. The Labute approximate surface area is 128 Å². The van der Waals surface area contributed by atoms with Gasteiger partial charge < -0.3 is 10.1 Å². The van der Waals surface area contributed by atoms with Crippen LogP contribution in [0.4, 0.5) is 0 Å². The van der Waals surface area contributed by atoms with Crippen molar-refractivity contribution in [3.8, 4) is 0 Å². The first kappa shape index (κ1) is 15.7. The predicted octanol–water partition coefficient (Wildman–Crippen LogP) is 3.69. The number of nitrogens with one attached hydrogen (secondary N) is 1. The van der Waals surface area contributed by atoms with Crippen LogP contribution in [0.15, 0.2) is 48.5 Å². The van der Waals surface area contributed by atoms with Crippen molar-refractivity contribution < 1.29 is 4.74 Å². The van der Waals surface area contributed by atoms with E-state index in [1.807, 2.05) is 7.05 Å². The zero-order chi connectivity index (χ0) is 15.1. The van der Waals surface area contributed by atoms with E-state index in [2.05, 4.69) is 60.8 Å². The van der Waals surface area contributed by atoms with Gasteiger partial charge in [-0.1, -0.05) is 48.5 Å². The van der Waals surface area contributed by atoms with E-state index in [1.54, 1.807) is 7.11 Å². The molecule has 0 aliphatic carbocycles. The highest BCUT2D eigenvalue weighted by Gasteiger charge is 2.11. The van der Waals surface area contributed by atoms with Crippen LogP contribution in [-0.4, -0.2) is 20.8 Å². The summed E-state index contributed by atoms with van der Waals surface area (Å²) in [5.41, 5.74) is 5.42. The first-order valence-electron chi connectivity index (χ1n) is 7.54. The fraction of sp³-hybridized carbons (Fsp3) is 0.368. The van der Waals surface area contributed by atoms with Gasteiger partial charge in [-0.25, -0.2) is 0 Å². The second-order valence-corrected chi connectivity index (χ2v) is 5.46. The minimum atomic E-state index is 0.350. The molecule has 0 radical (unpaired) electrons. The zero-order valence-corrected chi connectivity index (χ0v) is 13.2. The van der Waals surface area contributed by atoms with Crippen molar-refractivity contribution in [3.63, 3.8) is 0 Å². The van der Waals surface area contributed by atoms with Gasteiger partial charge in [-0.05, 0) is 49.1 Å². The molecule has 2 nitrogen and oxygen atoms in total. The molecule has 0 aliphatic heterocycles. The number of likely N-dealkylation sites (N-methyl/N-ethyl adjacent to an activating group) is 1. The Hall–Kier alpha value is -1.64. The van der Waals surface area contributed by atoms with Gasteiger partial charge in [0.25, 0.3) is 0 Å². The number of methoxy groups -OCH3 is 1. The molecule has 0 saturated carbocycles. The van der Waals surface area contributed by atoms with Gasteiger partial charge in [-0.3, -0.25) is 0 Å². The number of hydrogen-bond donors (Lipinski definition) is 1. The lowest BCUT2D eigenvalue weighted by Crippen LogP contribution is -2.19. The molecule has 0 saturated heterocycles. The van der Waals surface area contributed by atoms with Gasteiger partial charge in [0.05, 0.1) is 6.61 Å². The number of hydrogen-bond acceptors (Lipinski definition) is 2. The van der Waals surface area contributed by atoms with Crippen LogP contribution in [-0.2, 0) is 17.6 Å². The highest BCUT2D eigenvalue weighted by molar-refractivity contribution is 5.30. The lowest BCUT2D eigenvalue weighted by molar-refractivity contribution is 0.202. The van der Waals surface area contributed by atoms with Crippen molar-refractivity contribution in [1.82, 2.24) is 5.32 Å². The molecule has 1 atom stereocenters. The molecule has 0 aliphatic rings. The summed E-state index contributed by atoms with van der Waals surface area (Å²) >= 11 is 0. The third-order valence-electron chi connectivity index (χ3n) is 4.01. The van der Waals surface area contributed by atoms with E-state index in [0.717, 1.165) is 19.4 Å². The molecule has 112 valence electrons. The van der Waals surface area contributed by atoms with Crippen molar-refractivity contribution in [2.75, 3.05) is 20.8 Å². The van der Waals surface area contributed by atoms with Crippen LogP contribution in [0, 0.1) is 6.92 Å². The molecule has 2 aromatic carbocycles. The molecule has 2 aromatic rings. The number of benzene rings is 2. The van der Waals surface area contributed by atoms with Crippen LogP contribution in [0.1, 0.15) is 28.3 Å². The average Bonchev–Trinajstić information content (AvgIpc) is 2.53. The fourth-order valence-electron chi connectivity index (χ4n) is 2.58. The van der Waals surface area contributed by atoms with Crippen molar-refractivity contribution in [3.05, 3.63) is 70.8 Å². The Morgan fingerprint density at radius 1 is 1.05 bits per heavy atom. The average molecular weight is 283 g/mol. The molecule has 0 amide bonds. The van der Waals surface area contributed by atoms with Gasteiger partial charge in [-0.15, -0.1) is 0 Å². The maximum Gasteiger partial charge on any atom is 0.0502 e. The van der Waals surface area contributed by atoms with Gasteiger partial charge in [0, 0.05) is 13.2 Å². The highest BCUT2D eigenvalue weighted by Crippen LogP contribution is 2.20. The first-order valence-corrected chi connectivity index (χ1v) is 7.54. The van der Waals surface area contributed by atoms with Crippen LogP contribution in [0.5, 0.6) is 0 Å². The highest BCUT2D eigenvalue weighted by atomic mass is 16.5. The second-order valence-electron chi connectivity index (χ2n) is 5.46. The molecule has 0 spiro atoms. The smallest absolute Gasteiger partial charge is 0.0502 e. The summed E-state index contributed by atoms with van der Waals surface area (Å²) in [7, 11) is 3.77. The minimum Gasteiger partial charge on any atom is -0.384 e. The second kappa shape index (κ2) is 7.96. The summed E-state index contributed by atoms with van der Waals surface area (Å²) in [4.78, 5) is 0. The van der Waals surface area contributed by atoms with Gasteiger partial charge >= 0.3 is 0 Å². The van der Waals surface area contributed by atoms with E-state index in [4.69, 9.17) is 4.74 Å². The van der Waals surface area contributed by atoms with E-state index in [1.165, 1.54) is 22.3 Å². The Bertz CT molecular complexity index is 548. The number of aryl methyl sites for hydroxylation is 1. The van der Waals surface area contributed by atoms with Gasteiger partial charge in [-0.2, -0.15) is 0 Å². The molecule has 0 aromatic heterocycles. The van der Waals surface area contributed by atoms with E-state index in [-0.39, 0.29) is 0 Å². The Morgan fingerprint density at radius 3 is 2.38 bits per heavy atom. The standard InChI is InChI=1S/C19H25NO/c1-15-6-4-5-7-18(15)14-19(20-2)17-10-8-16(9-11-17)12-13-21-3/h4-11,19-20H,12-14H2,1-3H3. The Kier molecular flexibility index (Phi) is 5.97. The lowest BCUT2D eigenvalue weighted by Gasteiger charge is -2.18. The van der Waals surface area contributed by atoms with E-state index in [0.29, 0.717) is 6.04 Å². The van der Waals surface area contributed by atoms with Gasteiger partial charge in [0.15, 0.2) is 0 Å². The summed E-state index contributed by atoms with van der Waals surface area (Å²) in [5.74, 6) is 0. The van der Waals surface area contributed by atoms with Crippen molar-refractivity contribution in [2.45, 2.75) is 25.8 Å². The monoisotopic (exact) mass is 283 g/mol. The topological polar surface area (TPSA) is 21.3 Å². The minimum absolute atomic E-state index is 0.350. The van der Waals surface area contributed by atoms with Crippen molar-refractivity contribution >= 4 is 0 Å². The van der Waals surface area contributed by atoms with Gasteiger partial charge in [0.2, 0.25) is 0 Å². The normalized spacial score (nSPS) is 12.3. The molecule has 0 fully saturated rings. The SMILES string of the molecule is CNC(Cc1ccccc1C)c1ccc(CCOC)cc1. The maximum atomic E-state index is 5.12. The molecule has 21 heavy (non-hydrogen) atoms. The van der Waals surface area contributed by atoms with Crippen molar-refractivity contribution in [2.24, 2.45) is 0 Å². The van der Waals surface area contributed by atoms with Crippen LogP contribution in [0.3, 0.4) is 0 Å². The molecule has 1 unspecified atom stereocenters. The van der Waals surface area contributed by atoms with Crippen LogP contribution in [0.25, 0.3) is 0 Å². The fourth-order valence-corrected chi connectivity index (χ4v) is 2.58. The largest absolute Gasteiger partial charge is 0.384 e. The zero-order valence-electron chi connectivity index (χ0n) is 13.2. The van der Waals surface area contributed by atoms with E-state index in [9.17, 15) is 0 Å². The molecular weight excluding hydrogens is 258 g/mol. The maximum absolute atomic E-state index is 5.12. The molecule has 1 N–H and O–H groups in total. The van der Waals surface area contributed by atoms with E-state index >= 15 is 0 Å². The number of rotatable bonds is 7. The third-order valence-corrected chi connectivity index (χ3v) is 4.01. The lowest BCUT2D eigenvalue weighted by atomic mass is 9.95. The van der Waals surface area contributed by atoms with Crippen LogP contribution < -0.4 is 5.32 Å². The third kappa shape index (κ3) is 4.42. The van der Waals surface area contributed by atoms with Crippen molar-refractivity contribution in [1.29, 1.82) is 0 Å². The summed E-state index contributed by atoms with van der Waals surface area (Å²) in [6.45, 7) is 2.95. The molecule has 2 heteroatoms. The quantitative estimate of drug-likeness (QED) is 0.837. The summed E-state index contributed by atoms with van der Waals surface area (Å²) < 4.78 is 5.12. The molecule has 0 heterocycles. The summed E-state index contributed by atoms with van der Waals surface area (Å²) in [5, 5.41) is 3.43. The summed E-state index contributed by atoms with van der Waals surface area (Å²) in [6, 6.07) is 17.8. The van der Waals surface area contributed by atoms with E-state index < -0.39 is 0 Å². The Balaban J connectivity index is 2.08. The summed E-state index contributed by atoms with van der Waals surface area (Å²) in [6.07, 6.45) is 1.99. The van der Waals surface area contributed by atoms with Crippen LogP contribution in [0.2, 0.25) is 0 Å². The van der Waals surface area contributed by atoms with Crippen LogP contribution >= 0.6 is 0 Å². The van der Waals surface area contributed by atoms with Gasteiger partial charge in [0.1, 0.15) is 0 Å². The molecule has 2 rings (SSSR count). The molecule has 0 bridgehead atoms.